The molecule has 6 heteroatoms. The highest BCUT2D eigenvalue weighted by atomic mass is 16.5. The van der Waals surface area contributed by atoms with Crippen LogP contribution in [0.3, 0.4) is 0 Å². The minimum Gasteiger partial charge on any atom is -0.478 e. The van der Waals surface area contributed by atoms with Gasteiger partial charge in [-0.3, -0.25) is 0 Å². The van der Waals surface area contributed by atoms with Crippen molar-refractivity contribution in [1.29, 1.82) is 0 Å². The van der Waals surface area contributed by atoms with E-state index in [1.807, 2.05) is 4.57 Å². The quantitative estimate of drug-likeness (QED) is 0.917. The van der Waals surface area contributed by atoms with Crippen molar-refractivity contribution in [3.05, 3.63) is 30.1 Å². The van der Waals surface area contributed by atoms with Gasteiger partial charge in [0, 0.05) is 20.1 Å². The standard InChI is InChI=1S/C14H16N2O4/c1-19-14(4-5-20-8-14)7-16-9-15-11-6-10(13(17)18)2-3-12(11)16/h2-3,6,9H,4-5,7-8H2,1H3,(H,17,18). The summed E-state index contributed by atoms with van der Waals surface area (Å²) in [5.41, 5.74) is 1.50. The Morgan fingerprint density at radius 2 is 2.45 bits per heavy atom. The van der Waals surface area contributed by atoms with Crippen molar-refractivity contribution in [2.24, 2.45) is 0 Å². The molecule has 20 heavy (non-hydrogen) atoms. The Kier molecular flexibility index (Phi) is 3.19. The number of hydrogen-bond acceptors (Lipinski definition) is 4. The van der Waals surface area contributed by atoms with Crippen molar-refractivity contribution < 1.29 is 19.4 Å². The first-order chi connectivity index (χ1) is 9.63. The minimum absolute atomic E-state index is 0.244. The molecule has 1 fully saturated rings. The molecule has 0 bridgehead atoms. The monoisotopic (exact) mass is 276 g/mol. The second-order valence-electron chi connectivity index (χ2n) is 5.07. The van der Waals surface area contributed by atoms with E-state index in [1.54, 1.807) is 31.6 Å². The molecule has 0 radical (unpaired) electrons. The smallest absolute Gasteiger partial charge is 0.335 e. The number of hydrogen-bond donors (Lipinski definition) is 1. The van der Waals surface area contributed by atoms with E-state index >= 15 is 0 Å². The number of benzene rings is 1. The molecule has 1 saturated heterocycles. The maximum absolute atomic E-state index is 11.0. The van der Waals surface area contributed by atoms with Crippen LogP contribution < -0.4 is 0 Å². The van der Waals surface area contributed by atoms with Crippen LogP contribution in [0.2, 0.25) is 0 Å². The zero-order valence-corrected chi connectivity index (χ0v) is 11.2. The Morgan fingerprint density at radius 1 is 1.60 bits per heavy atom. The van der Waals surface area contributed by atoms with Crippen molar-refractivity contribution in [2.75, 3.05) is 20.3 Å². The molecule has 2 heterocycles. The van der Waals surface area contributed by atoms with E-state index in [0.29, 0.717) is 25.3 Å². The predicted molar refractivity (Wildman–Crippen MR) is 71.9 cm³/mol. The van der Waals surface area contributed by atoms with Crippen LogP contribution in [0.15, 0.2) is 24.5 Å². The van der Waals surface area contributed by atoms with Gasteiger partial charge in [-0.05, 0) is 18.2 Å². The second kappa shape index (κ2) is 4.88. The summed E-state index contributed by atoms with van der Waals surface area (Å²) in [5.74, 6) is -0.945. The van der Waals surface area contributed by atoms with Gasteiger partial charge < -0.3 is 19.1 Å². The molecule has 0 aliphatic carbocycles. The van der Waals surface area contributed by atoms with Gasteiger partial charge in [0.05, 0.1) is 36.1 Å². The van der Waals surface area contributed by atoms with E-state index in [1.165, 1.54) is 0 Å². The van der Waals surface area contributed by atoms with Crippen LogP contribution in [0, 0.1) is 0 Å². The van der Waals surface area contributed by atoms with Gasteiger partial charge >= 0.3 is 5.97 Å². The average Bonchev–Trinajstić information content (AvgIpc) is 3.07. The third kappa shape index (κ3) is 2.17. The molecular formula is C14H16N2O4. The van der Waals surface area contributed by atoms with Crippen molar-refractivity contribution in [1.82, 2.24) is 9.55 Å². The van der Waals surface area contributed by atoms with Crippen LogP contribution in [0.1, 0.15) is 16.8 Å². The average molecular weight is 276 g/mol. The number of ether oxygens (including phenoxy) is 2. The maximum Gasteiger partial charge on any atom is 0.335 e. The first kappa shape index (κ1) is 13.1. The molecule has 1 aromatic heterocycles. The summed E-state index contributed by atoms with van der Waals surface area (Å²) in [7, 11) is 1.69. The van der Waals surface area contributed by atoms with Gasteiger partial charge in [0.15, 0.2) is 0 Å². The number of carboxylic acid groups (broad SMARTS) is 1. The molecule has 0 saturated carbocycles. The largest absolute Gasteiger partial charge is 0.478 e. The first-order valence-corrected chi connectivity index (χ1v) is 6.45. The summed E-state index contributed by atoms with van der Waals surface area (Å²) in [6.07, 6.45) is 2.56. The van der Waals surface area contributed by atoms with E-state index in [2.05, 4.69) is 4.98 Å². The number of nitrogens with zero attached hydrogens (tertiary/aromatic N) is 2. The van der Waals surface area contributed by atoms with Gasteiger partial charge in [0.2, 0.25) is 0 Å². The molecule has 3 rings (SSSR count). The molecule has 6 nitrogen and oxygen atoms in total. The van der Waals surface area contributed by atoms with Crippen LogP contribution in [0.5, 0.6) is 0 Å². The van der Waals surface area contributed by atoms with Crippen molar-refractivity contribution in [3.63, 3.8) is 0 Å². The minimum atomic E-state index is -0.945. The van der Waals surface area contributed by atoms with Gasteiger partial charge in [-0.15, -0.1) is 0 Å². The number of carboxylic acids is 1. The van der Waals surface area contributed by atoms with E-state index in [0.717, 1.165) is 11.9 Å². The number of aromatic carboxylic acids is 1. The van der Waals surface area contributed by atoms with Gasteiger partial charge in [-0.2, -0.15) is 0 Å². The zero-order valence-electron chi connectivity index (χ0n) is 11.2. The fourth-order valence-electron chi connectivity index (χ4n) is 2.57. The fraction of sp³-hybridized carbons (Fsp3) is 0.429. The van der Waals surface area contributed by atoms with Gasteiger partial charge in [0.25, 0.3) is 0 Å². The summed E-state index contributed by atoms with van der Waals surface area (Å²) in [5, 5.41) is 8.99. The van der Waals surface area contributed by atoms with E-state index in [-0.39, 0.29) is 11.2 Å². The van der Waals surface area contributed by atoms with Gasteiger partial charge in [-0.25, -0.2) is 9.78 Å². The molecule has 1 aliphatic heterocycles. The molecule has 1 N–H and O–H groups in total. The van der Waals surface area contributed by atoms with Crippen LogP contribution in [-0.4, -0.2) is 46.6 Å². The number of fused-ring (bicyclic) bond motifs is 1. The van der Waals surface area contributed by atoms with E-state index in [4.69, 9.17) is 14.6 Å². The fourth-order valence-corrected chi connectivity index (χ4v) is 2.57. The lowest BCUT2D eigenvalue weighted by Crippen LogP contribution is -2.36. The molecule has 1 unspecified atom stereocenters. The SMILES string of the molecule is COC1(Cn2cnc3cc(C(=O)O)ccc32)CCOC1. The zero-order chi connectivity index (χ0) is 14.2. The summed E-state index contributed by atoms with van der Waals surface area (Å²) < 4.78 is 13.0. The molecular weight excluding hydrogens is 260 g/mol. The first-order valence-electron chi connectivity index (χ1n) is 6.45. The van der Waals surface area contributed by atoms with Crippen molar-refractivity contribution in [2.45, 2.75) is 18.6 Å². The lowest BCUT2D eigenvalue weighted by atomic mass is 10.0. The number of aromatic nitrogens is 2. The number of methoxy groups -OCH3 is 1. The maximum atomic E-state index is 11.0. The van der Waals surface area contributed by atoms with Crippen LogP contribution in [0.25, 0.3) is 11.0 Å². The van der Waals surface area contributed by atoms with Crippen LogP contribution in [-0.2, 0) is 16.0 Å². The normalized spacial score (nSPS) is 22.4. The summed E-state index contributed by atoms with van der Waals surface area (Å²) >= 11 is 0. The van der Waals surface area contributed by atoms with Crippen molar-refractivity contribution >= 4 is 17.0 Å². The van der Waals surface area contributed by atoms with E-state index in [9.17, 15) is 4.79 Å². The Hall–Kier alpha value is -1.92. The van der Waals surface area contributed by atoms with E-state index < -0.39 is 5.97 Å². The predicted octanol–water partition coefficient (Wildman–Crippen LogP) is 1.54. The molecule has 1 aliphatic rings. The molecule has 106 valence electrons. The van der Waals surface area contributed by atoms with Gasteiger partial charge in [0.1, 0.15) is 5.60 Å². The van der Waals surface area contributed by atoms with Crippen LogP contribution in [0.4, 0.5) is 0 Å². The Balaban J connectivity index is 1.94. The highest BCUT2D eigenvalue weighted by Crippen LogP contribution is 2.26. The summed E-state index contributed by atoms with van der Waals surface area (Å²) in [6.45, 7) is 1.91. The summed E-state index contributed by atoms with van der Waals surface area (Å²) in [4.78, 5) is 15.2. The third-order valence-corrected chi connectivity index (χ3v) is 3.83. The Morgan fingerprint density at radius 3 is 3.10 bits per heavy atom. The Labute approximate surface area is 115 Å². The number of imidazole rings is 1. The lowest BCUT2D eigenvalue weighted by Gasteiger charge is -2.26. The molecule has 0 amide bonds. The highest BCUT2D eigenvalue weighted by molar-refractivity contribution is 5.92. The highest BCUT2D eigenvalue weighted by Gasteiger charge is 2.35. The summed E-state index contributed by atoms with van der Waals surface area (Å²) in [6, 6.07) is 4.96. The molecule has 0 spiro atoms. The topological polar surface area (TPSA) is 73.6 Å². The molecule has 1 atom stereocenters. The molecule has 2 aromatic rings. The van der Waals surface area contributed by atoms with Crippen molar-refractivity contribution in [3.8, 4) is 0 Å². The molecule has 1 aromatic carbocycles. The lowest BCUT2D eigenvalue weighted by molar-refractivity contribution is -0.0287. The third-order valence-electron chi connectivity index (χ3n) is 3.83. The van der Waals surface area contributed by atoms with Crippen LogP contribution >= 0.6 is 0 Å². The second-order valence-corrected chi connectivity index (χ2v) is 5.07. The Bertz CT molecular complexity index is 644. The number of rotatable bonds is 4. The number of carbonyl (C=O) groups is 1. The van der Waals surface area contributed by atoms with Gasteiger partial charge in [-0.1, -0.05) is 0 Å².